The Morgan fingerprint density at radius 2 is 1.79 bits per heavy atom. The van der Waals surface area contributed by atoms with Crippen LogP contribution < -0.4 is 11.1 Å². The van der Waals surface area contributed by atoms with Gasteiger partial charge in [0.15, 0.2) is 0 Å². The number of hydrogen-bond donors (Lipinski definition) is 2. The summed E-state index contributed by atoms with van der Waals surface area (Å²) < 4.78 is 0. The van der Waals surface area contributed by atoms with E-state index < -0.39 is 11.9 Å². The SMILES string of the molecule is Cc1cccc(-c2cccc(NC(=O)[C@H]3CCCN3C(=O)CCC(N)=O)c2)c1. The Balaban J connectivity index is 1.69. The predicted octanol–water partition coefficient (Wildman–Crippen LogP) is 2.86. The average Bonchev–Trinajstić information content (AvgIpc) is 3.16. The molecule has 146 valence electrons. The Morgan fingerprint density at radius 3 is 2.50 bits per heavy atom. The van der Waals surface area contributed by atoms with Gasteiger partial charge in [0.05, 0.1) is 0 Å². The van der Waals surface area contributed by atoms with Gasteiger partial charge in [-0.3, -0.25) is 14.4 Å². The highest BCUT2D eigenvalue weighted by molar-refractivity contribution is 5.98. The second kappa shape index (κ2) is 8.69. The molecule has 6 heteroatoms. The summed E-state index contributed by atoms with van der Waals surface area (Å²) in [5.41, 5.74) is 9.08. The van der Waals surface area contributed by atoms with Crippen molar-refractivity contribution in [3.05, 3.63) is 54.1 Å². The number of carbonyl (C=O) groups is 3. The van der Waals surface area contributed by atoms with Crippen molar-refractivity contribution in [1.29, 1.82) is 0 Å². The van der Waals surface area contributed by atoms with Gasteiger partial charge in [0.25, 0.3) is 0 Å². The van der Waals surface area contributed by atoms with Crippen LogP contribution in [0.5, 0.6) is 0 Å². The van der Waals surface area contributed by atoms with Crippen LogP contribution in [0.15, 0.2) is 48.5 Å². The van der Waals surface area contributed by atoms with Crippen molar-refractivity contribution < 1.29 is 14.4 Å². The first-order valence-corrected chi connectivity index (χ1v) is 9.50. The summed E-state index contributed by atoms with van der Waals surface area (Å²) in [7, 11) is 0. The molecular formula is C22H25N3O3. The van der Waals surface area contributed by atoms with Gasteiger partial charge in [-0.1, -0.05) is 42.0 Å². The number of nitrogens with two attached hydrogens (primary N) is 1. The Hall–Kier alpha value is -3.15. The van der Waals surface area contributed by atoms with Crippen molar-refractivity contribution in [2.24, 2.45) is 5.73 Å². The molecule has 0 radical (unpaired) electrons. The number of rotatable bonds is 6. The van der Waals surface area contributed by atoms with Crippen molar-refractivity contribution in [1.82, 2.24) is 4.90 Å². The summed E-state index contributed by atoms with van der Waals surface area (Å²) >= 11 is 0. The highest BCUT2D eigenvalue weighted by Crippen LogP contribution is 2.25. The van der Waals surface area contributed by atoms with Crippen LogP contribution in [0.4, 0.5) is 5.69 Å². The molecule has 2 aromatic carbocycles. The standard InChI is InChI=1S/C22H25N3O3/c1-15-5-2-6-16(13-15)17-7-3-8-18(14-17)24-22(28)19-9-4-12-25(19)21(27)11-10-20(23)26/h2-3,5-8,13-14,19H,4,9-12H2,1H3,(H2,23,26)(H,24,28)/t19-/m1/s1. The minimum absolute atomic E-state index is 0.00219. The number of aryl methyl sites for hydroxylation is 1. The van der Waals surface area contributed by atoms with Crippen molar-refractivity contribution >= 4 is 23.4 Å². The first-order chi connectivity index (χ1) is 13.4. The maximum atomic E-state index is 12.8. The fourth-order valence-electron chi connectivity index (χ4n) is 3.54. The van der Waals surface area contributed by atoms with Crippen LogP contribution in [-0.2, 0) is 14.4 Å². The summed E-state index contributed by atoms with van der Waals surface area (Å²) in [5.74, 6) is -0.919. The van der Waals surface area contributed by atoms with Crippen LogP contribution in [0.3, 0.4) is 0 Å². The molecule has 6 nitrogen and oxygen atoms in total. The number of likely N-dealkylation sites (tertiary alicyclic amines) is 1. The lowest BCUT2D eigenvalue weighted by atomic mass is 10.0. The second-order valence-corrected chi connectivity index (χ2v) is 7.15. The average molecular weight is 379 g/mol. The van der Waals surface area contributed by atoms with Crippen molar-refractivity contribution in [2.75, 3.05) is 11.9 Å². The molecule has 3 N–H and O–H groups in total. The summed E-state index contributed by atoms with van der Waals surface area (Å²) in [5, 5.41) is 2.93. The smallest absolute Gasteiger partial charge is 0.247 e. The normalized spacial score (nSPS) is 16.0. The molecule has 3 amide bonds. The molecule has 0 spiro atoms. The Morgan fingerprint density at radius 1 is 1.07 bits per heavy atom. The topological polar surface area (TPSA) is 92.5 Å². The van der Waals surface area contributed by atoms with Crippen LogP contribution in [-0.4, -0.2) is 35.2 Å². The molecule has 1 fully saturated rings. The van der Waals surface area contributed by atoms with Crippen LogP contribution in [0.1, 0.15) is 31.2 Å². The van der Waals surface area contributed by atoms with E-state index in [-0.39, 0.29) is 24.7 Å². The lowest BCUT2D eigenvalue weighted by Gasteiger charge is -2.24. The summed E-state index contributed by atoms with van der Waals surface area (Å²) in [4.78, 5) is 37.6. The van der Waals surface area contributed by atoms with Crippen LogP contribution in [0.2, 0.25) is 0 Å². The number of anilines is 1. The summed E-state index contributed by atoms with van der Waals surface area (Å²) in [6.45, 7) is 2.57. The third-order valence-electron chi connectivity index (χ3n) is 4.94. The minimum atomic E-state index is -0.512. The van der Waals surface area contributed by atoms with E-state index in [9.17, 15) is 14.4 Å². The predicted molar refractivity (Wildman–Crippen MR) is 108 cm³/mol. The number of primary amides is 1. The van der Waals surface area contributed by atoms with Gasteiger partial charge in [-0.15, -0.1) is 0 Å². The van der Waals surface area contributed by atoms with E-state index in [0.717, 1.165) is 17.5 Å². The number of nitrogens with zero attached hydrogens (tertiary/aromatic N) is 1. The number of nitrogens with one attached hydrogen (secondary N) is 1. The first-order valence-electron chi connectivity index (χ1n) is 9.50. The van der Waals surface area contributed by atoms with Gasteiger partial charge < -0.3 is 16.0 Å². The molecule has 1 atom stereocenters. The molecule has 0 unspecified atom stereocenters. The monoisotopic (exact) mass is 379 g/mol. The van der Waals surface area contributed by atoms with E-state index in [1.54, 1.807) is 4.90 Å². The number of benzene rings is 2. The van der Waals surface area contributed by atoms with Gasteiger partial charge >= 0.3 is 0 Å². The maximum absolute atomic E-state index is 12.8. The molecule has 28 heavy (non-hydrogen) atoms. The zero-order chi connectivity index (χ0) is 20.1. The number of hydrogen-bond acceptors (Lipinski definition) is 3. The summed E-state index contributed by atoms with van der Waals surface area (Å²) in [6, 6.07) is 15.3. The molecule has 1 saturated heterocycles. The quantitative estimate of drug-likeness (QED) is 0.808. The highest BCUT2D eigenvalue weighted by atomic mass is 16.2. The Labute approximate surface area is 164 Å². The van der Waals surface area contributed by atoms with Crippen LogP contribution in [0, 0.1) is 6.92 Å². The van der Waals surface area contributed by atoms with Gasteiger partial charge in [-0.25, -0.2) is 0 Å². The molecule has 3 rings (SSSR count). The molecule has 1 heterocycles. The van der Waals surface area contributed by atoms with Gasteiger partial charge in [0.2, 0.25) is 17.7 Å². The third-order valence-corrected chi connectivity index (χ3v) is 4.94. The van der Waals surface area contributed by atoms with E-state index in [1.807, 2.05) is 49.4 Å². The summed E-state index contributed by atoms with van der Waals surface area (Å²) in [6.07, 6.45) is 1.43. The number of amides is 3. The van der Waals surface area contributed by atoms with Crippen LogP contribution in [0.25, 0.3) is 11.1 Å². The van der Waals surface area contributed by atoms with Crippen molar-refractivity contribution in [2.45, 2.75) is 38.6 Å². The minimum Gasteiger partial charge on any atom is -0.370 e. The Kier molecular flexibility index (Phi) is 6.09. The second-order valence-electron chi connectivity index (χ2n) is 7.15. The molecule has 0 bridgehead atoms. The fraction of sp³-hybridized carbons (Fsp3) is 0.318. The van der Waals surface area contributed by atoms with E-state index >= 15 is 0 Å². The van der Waals surface area contributed by atoms with Gasteiger partial charge in [-0.2, -0.15) is 0 Å². The van der Waals surface area contributed by atoms with Gasteiger partial charge in [0.1, 0.15) is 6.04 Å². The molecule has 1 aliphatic heterocycles. The lowest BCUT2D eigenvalue weighted by Crippen LogP contribution is -2.43. The molecule has 0 aromatic heterocycles. The highest BCUT2D eigenvalue weighted by Gasteiger charge is 2.33. The molecule has 0 aliphatic carbocycles. The van der Waals surface area contributed by atoms with Crippen LogP contribution >= 0.6 is 0 Å². The largest absolute Gasteiger partial charge is 0.370 e. The van der Waals surface area contributed by atoms with Gasteiger partial charge in [-0.05, 0) is 43.0 Å². The molecular weight excluding hydrogens is 354 g/mol. The molecule has 0 saturated carbocycles. The lowest BCUT2D eigenvalue weighted by molar-refractivity contribution is -0.137. The van der Waals surface area contributed by atoms with E-state index in [2.05, 4.69) is 11.4 Å². The zero-order valence-electron chi connectivity index (χ0n) is 16.0. The van der Waals surface area contributed by atoms with E-state index in [0.29, 0.717) is 18.7 Å². The number of carbonyl (C=O) groups excluding carboxylic acids is 3. The third kappa shape index (κ3) is 4.76. The van der Waals surface area contributed by atoms with Gasteiger partial charge in [0, 0.05) is 25.1 Å². The molecule has 2 aromatic rings. The van der Waals surface area contributed by atoms with Crippen molar-refractivity contribution in [3.63, 3.8) is 0 Å². The van der Waals surface area contributed by atoms with E-state index in [4.69, 9.17) is 5.73 Å². The zero-order valence-corrected chi connectivity index (χ0v) is 16.0. The maximum Gasteiger partial charge on any atom is 0.247 e. The Bertz CT molecular complexity index is 894. The fourth-order valence-corrected chi connectivity index (χ4v) is 3.54. The molecule has 1 aliphatic rings. The first kappa shape index (κ1) is 19.6. The van der Waals surface area contributed by atoms with Crippen molar-refractivity contribution in [3.8, 4) is 11.1 Å². The van der Waals surface area contributed by atoms with E-state index in [1.165, 1.54) is 5.56 Å².